The lowest BCUT2D eigenvalue weighted by Gasteiger charge is -2.36. The molecule has 0 aliphatic heterocycles. The Morgan fingerprint density at radius 3 is 2.05 bits per heavy atom. The smallest absolute Gasteiger partial charge is 0.191 e. The van der Waals surface area contributed by atoms with Crippen molar-refractivity contribution in [2.45, 2.75) is 90.8 Å². The average Bonchev–Trinajstić information content (AvgIpc) is 2.34. The first-order chi connectivity index (χ1) is 9.67. The summed E-state index contributed by atoms with van der Waals surface area (Å²) in [6.07, 6.45) is 12.2. The lowest BCUT2D eigenvalue weighted by molar-refractivity contribution is -0.112. The van der Waals surface area contributed by atoms with Crippen molar-refractivity contribution in [1.29, 1.82) is 0 Å². The third kappa shape index (κ3) is 10.9. The molecular formula is C18H36O2Si. The number of rotatable bonds is 11. The van der Waals surface area contributed by atoms with E-state index in [-0.39, 0.29) is 5.78 Å². The van der Waals surface area contributed by atoms with Crippen molar-refractivity contribution in [3.63, 3.8) is 0 Å². The molecule has 0 atom stereocenters. The SMILES string of the molecule is CC(=O)/C=C/CCCCCCCCO[Si](C)(C)C(C)(C)C. The van der Waals surface area contributed by atoms with Gasteiger partial charge in [0.2, 0.25) is 0 Å². The van der Waals surface area contributed by atoms with Crippen molar-refractivity contribution in [3.05, 3.63) is 12.2 Å². The van der Waals surface area contributed by atoms with Gasteiger partial charge in [-0.2, -0.15) is 0 Å². The van der Waals surface area contributed by atoms with E-state index in [4.69, 9.17) is 4.43 Å². The van der Waals surface area contributed by atoms with Gasteiger partial charge in [0.1, 0.15) is 0 Å². The summed E-state index contributed by atoms with van der Waals surface area (Å²) in [6, 6.07) is 0. The quantitative estimate of drug-likeness (QED) is 0.270. The first-order valence-corrected chi connectivity index (χ1v) is 11.4. The summed E-state index contributed by atoms with van der Waals surface area (Å²) in [5, 5.41) is 0.320. The van der Waals surface area contributed by atoms with Crippen LogP contribution < -0.4 is 0 Å². The lowest BCUT2D eigenvalue weighted by Crippen LogP contribution is -2.40. The molecule has 0 bridgehead atoms. The molecule has 0 aromatic rings. The minimum Gasteiger partial charge on any atom is -0.417 e. The second-order valence-corrected chi connectivity index (χ2v) is 12.3. The summed E-state index contributed by atoms with van der Waals surface area (Å²) in [5.74, 6) is 0.150. The van der Waals surface area contributed by atoms with Crippen LogP contribution >= 0.6 is 0 Å². The minimum atomic E-state index is -1.54. The van der Waals surface area contributed by atoms with Crippen LogP contribution in [0.3, 0.4) is 0 Å². The highest BCUT2D eigenvalue weighted by molar-refractivity contribution is 6.74. The average molecular weight is 313 g/mol. The number of unbranched alkanes of at least 4 members (excludes halogenated alkanes) is 6. The topological polar surface area (TPSA) is 26.3 Å². The van der Waals surface area contributed by atoms with Crippen LogP contribution in [0.25, 0.3) is 0 Å². The maximum atomic E-state index is 10.7. The molecule has 0 radical (unpaired) electrons. The molecule has 0 N–H and O–H groups in total. The number of hydrogen-bond acceptors (Lipinski definition) is 2. The molecule has 0 spiro atoms. The third-order valence-electron chi connectivity index (χ3n) is 4.39. The van der Waals surface area contributed by atoms with Crippen LogP contribution in [0.2, 0.25) is 18.1 Å². The van der Waals surface area contributed by atoms with E-state index in [9.17, 15) is 4.79 Å². The van der Waals surface area contributed by atoms with Gasteiger partial charge in [0.25, 0.3) is 0 Å². The highest BCUT2D eigenvalue weighted by atomic mass is 28.4. The molecule has 0 amide bonds. The fourth-order valence-corrected chi connectivity index (χ4v) is 2.95. The summed E-state index contributed by atoms with van der Waals surface area (Å²) in [5.41, 5.74) is 0. The highest BCUT2D eigenvalue weighted by Gasteiger charge is 2.36. The Morgan fingerprint density at radius 2 is 1.52 bits per heavy atom. The second-order valence-electron chi connectivity index (χ2n) is 7.53. The molecule has 0 rings (SSSR count). The maximum Gasteiger partial charge on any atom is 0.191 e. The van der Waals surface area contributed by atoms with Crippen molar-refractivity contribution >= 4 is 14.1 Å². The summed E-state index contributed by atoms with van der Waals surface area (Å²) in [4.78, 5) is 10.7. The Kier molecular flexibility index (Phi) is 10.1. The fourth-order valence-electron chi connectivity index (χ4n) is 1.86. The molecular weight excluding hydrogens is 276 g/mol. The van der Waals surface area contributed by atoms with Gasteiger partial charge in [-0.05, 0) is 50.4 Å². The number of ketones is 1. The van der Waals surface area contributed by atoms with Gasteiger partial charge >= 0.3 is 0 Å². The predicted octanol–water partition coefficient (Wildman–Crippen LogP) is 5.88. The molecule has 0 aliphatic carbocycles. The van der Waals surface area contributed by atoms with Crippen LogP contribution in [-0.4, -0.2) is 20.7 Å². The van der Waals surface area contributed by atoms with E-state index in [2.05, 4.69) is 33.9 Å². The van der Waals surface area contributed by atoms with Crippen molar-refractivity contribution in [3.8, 4) is 0 Å². The standard InChI is InChI=1S/C18H36O2Si/c1-17(19)15-13-11-9-7-8-10-12-14-16-20-21(5,6)18(2,3)4/h13,15H,7-12,14,16H2,1-6H3/b15-13+. The van der Waals surface area contributed by atoms with Crippen LogP contribution in [0.15, 0.2) is 12.2 Å². The highest BCUT2D eigenvalue weighted by Crippen LogP contribution is 2.36. The van der Waals surface area contributed by atoms with Gasteiger partial charge < -0.3 is 4.43 Å². The zero-order chi connectivity index (χ0) is 16.4. The zero-order valence-corrected chi connectivity index (χ0v) is 16.1. The number of carbonyl (C=O) groups is 1. The molecule has 0 saturated heterocycles. The predicted molar refractivity (Wildman–Crippen MR) is 95.3 cm³/mol. The van der Waals surface area contributed by atoms with E-state index in [0.717, 1.165) is 13.0 Å². The zero-order valence-electron chi connectivity index (χ0n) is 15.1. The van der Waals surface area contributed by atoms with Crippen molar-refractivity contribution < 1.29 is 9.22 Å². The van der Waals surface area contributed by atoms with Crippen molar-refractivity contribution in [1.82, 2.24) is 0 Å². The Balaban J connectivity index is 3.44. The monoisotopic (exact) mass is 312 g/mol. The van der Waals surface area contributed by atoms with Gasteiger partial charge in [-0.1, -0.05) is 52.5 Å². The van der Waals surface area contributed by atoms with Gasteiger partial charge in [-0.15, -0.1) is 0 Å². The molecule has 0 heterocycles. The molecule has 21 heavy (non-hydrogen) atoms. The van der Waals surface area contributed by atoms with Gasteiger partial charge in [0, 0.05) is 6.61 Å². The van der Waals surface area contributed by atoms with Gasteiger partial charge in [0.05, 0.1) is 0 Å². The fraction of sp³-hybridized carbons (Fsp3) is 0.833. The largest absolute Gasteiger partial charge is 0.417 e. The first kappa shape index (κ1) is 20.6. The second kappa shape index (κ2) is 10.3. The summed E-state index contributed by atoms with van der Waals surface area (Å²) in [6.45, 7) is 14.0. The molecule has 0 aliphatic rings. The van der Waals surface area contributed by atoms with E-state index in [0.29, 0.717) is 5.04 Å². The molecule has 0 fully saturated rings. The Hall–Kier alpha value is -0.413. The van der Waals surface area contributed by atoms with Crippen LogP contribution in [0.4, 0.5) is 0 Å². The molecule has 0 unspecified atom stereocenters. The van der Waals surface area contributed by atoms with Crippen molar-refractivity contribution in [2.75, 3.05) is 6.61 Å². The van der Waals surface area contributed by atoms with Crippen LogP contribution in [0.1, 0.15) is 72.6 Å². The molecule has 2 nitrogen and oxygen atoms in total. The summed E-state index contributed by atoms with van der Waals surface area (Å²) >= 11 is 0. The van der Waals surface area contributed by atoms with E-state index in [1.54, 1.807) is 13.0 Å². The van der Waals surface area contributed by atoms with E-state index < -0.39 is 8.32 Å². The summed E-state index contributed by atoms with van der Waals surface area (Å²) < 4.78 is 6.17. The summed E-state index contributed by atoms with van der Waals surface area (Å²) in [7, 11) is -1.54. The number of hydrogen-bond donors (Lipinski definition) is 0. The van der Waals surface area contributed by atoms with Crippen molar-refractivity contribution in [2.24, 2.45) is 0 Å². The molecule has 0 saturated carbocycles. The molecule has 124 valence electrons. The van der Waals surface area contributed by atoms with Gasteiger partial charge in [0.15, 0.2) is 14.1 Å². The van der Waals surface area contributed by atoms with Crippen LogP contribution in [0.5, 0.6) is 0 Å². The van der Waals surface area contributed by atoms with Gasteiger partial charge in [-0.25, -0.2) is 0 Å². The minimum absolute atomic E-state index is 0.150. The molecule has 0 aromatic carbocycles. The van der Waals surface area contributed by atoms with Gasteiger partial charge in [-0.3, -0.25) is 4.79 Å². The first-order valence-electron chi connectivity index (χ1n) is 8.48. The molecule has 3 heteroatoms. The van der Waals surface area contributed by atoms with E-state index in [1.165, 1.54) is 38.5 Å². The molecule has 0 aromatic heterocycles. The number of carbonyl (C=O) groups excluding carboxylic acids is 1. The van der Waals surface area contributed by atoms with Crippen LogP contribution in [0, 0.1) is 0 Å². The Labute approximate surface area is 133 Å². The third-order valence-corrected chi connectivity index (χ3v) is 8.92. The van der Waals surface area contributed by atoms with E-state index >= 15 is 0 Å². The number of allylic oxidation sites excluding steroid dienone is 2. The van der Waals surface area contributed by atoms with Crippen LogP contribution in [-0.2, 0) is 9.22 Å². The lowest BCUT2D eigenvalue weighted by atomic mass is 10.1. The Morgan fingerprint density at radius 1 is 1.00 bits per heavy atom. The normalized spacial score (nSPS) is 13.0. The Bertz CT molecular complexity index is 314. The van der Waals surface area contributed by atoms with E-state index in [1.807, 2.05) is 6.08 Å². The maximum absolute atomic E-state index is 10.7.